The van der Waals surface area contributed by atoms with E-state index >= 15 is 0 Å². The number of carbonyl (C=O) groups excluding carboxylic acids is 1. The van der Waals surface area contributed by atoms with Gasteiger partial charge in [-0.1, -0.05) is 44.2 Å². The minimum absolute atomic E-state index is 0.120. The van der Waals surface area contributed by atoms with E-state index in [4.69, 9.17) is 0 Å². The highest BCUT2D eigenvalue weighted by atomic mass is 19.3. The van der Waals surface area contributed by atoms with E-state index in [9.17, 15) is 13.6 Å². The monoisotopic (exact) mass is 310 g/mol. The summed E-state index contributed by atoms with van der Waals surface area (Å²) in [6, 6.07) is 7.18. The van der Waals surface area contributed by atoms with Gasteiger partial charge in [0.25, 0.3) is 6.43 Å². The molecule has 0 radical (unpaired) electrons. The summed E-state index contributed by atoms with van der Waals surface area (Å²) in [4.78, 5) is 14.7. The lowest BCUT2D eigenvalue weighted by Gasteiger charge is -2.35. The topological polar surface area (TPSA) is 32.3 Å². The van der Waals surface area contributed by atoms with E-state index in [0.29, 0.717) is 12.1 Å². The summed E-state index contributed by atoms with van der Waals surface area (Å²) in [5.74, 6) is -0.420. The van der Waals surface area contributed by atoms with Crippen molar-refractivity contribution in [2.75, 3.05) is 19.6 Å². The van der Waals surface area contributed by atoms with Crippen LogP contribution < -0.4 is 5.32 Å². The Balaban J connectivity index is 2.05. The van der Waals surface area contributed by atoms with Gasteiger partial charge in [-0.2, -0.15) is 0 Å². The van der Waals surface area contributed by atoms with Crippen molar-refractivity contribution in [3.8, 4) is 0 Å². The van der Waals surface area contributed by atoms with Crippen LogP contribution in [0.3, 0.4) is 0 Å². The standard InChI is InChI=1S/C17H24F2N2O/c1-12(2)14(11-21-9-6-10-21)17(22)20-15(16(18)19)13-7-4-3-5-8-13/h3-5,7-8,12,14-16H,6,9-11H2,1-2H3,(H,20,22)/t14?,15-/m1/s1. The molecule has 0 aromatic heterocycles. The Kier molecular flexibility index (Phi) is 5.89. The molecular weight excluding hydrogens is 286 g/mol. The van der Waals surface area contributed by atoms with E-state index in [2.05, 4.69) is 10.2 Å². The molecule has 1 N–H and O–H groups in total. The second kappa shape index (κ2) is 7.68. The fraction of sp³-hybridized carbons (Fsp3) is 0.588. The van der Waals surface area contributed by atoms with Gasteiger partial charge in [-0.05, 0) is 31.0 Å². The van der Waals surface area contributed by atoms with Crippen LogP contribution in [-0.2, 0) is 4.79 Å². The quantitative estimate of drug-likeness (QED) is 0.839. The molecule has 1 aromatic carbocycles. The van der Waals surface area contributed by atoms with Gasteiger partial charge in [0.15, 0.2) is 0 Å². The summed E-state index contributed by atoms with van der Waals surface area (Å²) in [7, 11) is 0. The number of likely N-dealkylation sites (tertiary alicyclic amines) is 1. The van der Waals surface area contributed by atoms with Gasteiger partial charge >= 0.3 is 0 Å². The summed E-state index contributed by atoms with van der Waals surface area (Å²) < 4.78 is 26.6. The van der Waals surface area contributed by atoms with Crippen molar-refractivity contribution < 1.29 is 13.6 Å². The van der Waals surface area contributed by atoms with Crippen molar-refractivity contribution in [2.24, 2.45) is 11.8 Å². The number of nitrogens with one attached hydrogen (secondary N) is 1. The van der Waals surface area contributed by atoms with Crippen LogP contribution in [0.25, 0.3) is 0 Å². The zero-order valence-electron chi connectivity index (χ0n) is 13.1. The van der Waals surface area contributed by atoms with E-state index in [1.165, 1.54) is 0 Å². The molecular formula is C17H24F2N2O. The Morgan fingerprint density at radius 2 is 1.86 bits per heavy atom. The smallest absolute Gasteiger partial charge is 0.262 e. The second-order valence-electron chi connectivity index (χ2n) is 6.24. The summed E-state index contributed by atoms with van der Waals surface area (Å²) >= 11 is 0. The first-order chi connectivity index (χ1) is 10.5. The largest absolute Gasteiger partial charge is 0.343 e. The Labute approximate surface area is 130 Å². The molecule has 1 heterocycles. The van der Waals surface area contributed by atoms with Crippen LogP contribution in [0.1, 0.15) is 31.9 Å². The van der Waals surface area contributed by atoms with Crippen LogP contribution in [0.4, 0.5) is 8.78 Å². The number of halogens is 2. The predicted octanol–water partition coefficient (Wildman–Crippen LogP) is 3.09. The first kappa shape index (κ1) is 16.9. The van der Waals surface area contributed by atoms with Gasteiger partial charge in [0.2, 0.25) is 5.91 Å². The second-order valence-corrected chi connectivity index (χ2v) is 6.24. The van der Waals surface area contributed by atoms with Crippen molar-refractivity contribution >= 4 is 5.91 Å². The summed E-state index contributed by atoms with van der Waals surface area (Å²) in [5.41, 5.74) is 0.442. The van der Waals surface area contributed by atoms with Crippen LogP contribution in [0.5, 0.6) is 0 Å². The lowest BCUT2D eigenvalue weighted by molar-refractivity contribution is -0.129. The Bertz CT molecular complexity index is 475. The average Bonchev–Trinajstić information content (AvgIpc) is 2.43. The van der Waals surface area contributed by atoms with E-state index in [1.807, 2.05) is 13.8 Å². The van der Waals surface area contributed by atoms with Crippen LogP contribution in [-0.4, -0.2) is 36.9 Å². The van der Waals surface area contributed by atoms with Crippen LogP contribution in [0, 0.1) is 11.8 Å². The van der Waals surface area contributed by atoms with E-state index in [-0.39, 0.29) is 17.7 Å². The van der Waals surface area contributed by atoms with Crippen molar-refractivity contribution in [3.05, 3.63) is 35.9 Å². The molecule has 2 rings (SSSR count). The molecule has 1 aromatic rings. The van der Waals surface area contributed by atoms with Gasteiger partial charge in [-0.3, -0.25) is 4.79 Å². The summed E-state index contributed by atoms with van der Waals surface area (Å²) in [6.07, 6.45) is -1.47. The third kappa shape index (κ3) is 4.26. The molecule has 0 saturated carbocycles. The maximum Gasteiger partial charge on any atom is 0.262 e. The molecule has 1 aliphatic rings. The summed E-state index contributed by atoms with van der Waals surface area (Å²) in [5, 5.41) is 2.55. The first-order valence-corrected chi connectivity index (χ1v) is 7.85. The van der Waals surface area contributed by atoms with Gasteiger partial charge in [0.05, 0.1) is 5.92 Å². The fourth-order valence-electron chi connectivity index (χ4n) is 2.65. The molecule has 1 aliphatic heterocycles. The maximum absolute atomic E-state index is 13.3. The molecule has 0 spiro atoms. The number of amides is 1. The van der Waals surface area contributed by atoms with Gasteiger partial charge < -0.3 is 10.2 Å². The number of hydrogen-bond acceptors (Lipinski definition) is 2. The molecule has 122 valence electrons. The number of alkyl halides is 2. The van der Waals surface area contributed by atoms with Crippen LogP contribution >= 0.6 is 0 Å². The molecule has 2 atom stereocenters. The van der Waals surface area contributed by atoms with E-state index in [0.717, 1.165) is 19.5 Å². The van der Waals surface area contributed by atoms with Gasteiger partial charge in [-0.15, -0.1) is 0 Å². The first-order valence-electron chi connectivity index (χ1n) is 7.85. The highest BCUT2D eigenvalue weighted by Crippen LogP contribution is 2.23. The van der Waals surface area contributed by atoms with Crippen molar-refractivity contribution in [3.63, 3.8) is 0 Å². The minimum atomic E-state index is -2.62. The van der Waals surface area contributed by atoms with Gasteiger partial charge in [-0.25, -0.2) is 8.78 Å². The zero-order valence-corrected chi connectivity index (χ0v) is 13.1. The molecule has 22 heavy (non-hydrogen) atoms. The Morgan fingerprint density at radius 3 is 2.32 bits per heavy atom. The minimum Gasteiger partial charge on any atom is -0.343 e. The van der Waals surface area contributed by atoms with Crippen LogP contribution in [0.2, 0.25) is 0 Å². The lowest BCUT2D eigenvalue weighted by atomic mass is 9.92. The van der Waals surface area contributed by atoms with Crippen molar-refractivity contribution in [2.45, 2.75) is 32.7 Å². The molecule has 1 fully saturated rings. The average molecular weight is 310 g/mol. The van der Waals surface area contributed by atoms with Crippen LogP contribution in [0.15, 0.2) is 30.3 Å². The van der Waals surface area contributed by atoms with E-state index < -0.39 is 12.5 Å². The molecule has 0 bridgehead atoms. The maximum atomic E-state index is 13.3. The highest BCUT2D eigenvalue weighted by molar-refractivity contribution is 5.79. The summed E-state index contributed by atoms with van der Waals surface area (Å²) in [6.45, 7) is 6.56. The Morgan fingerprint density at radius 1 is 1.23 bits per heavy atom. The highest BCUT2D eigenvalue weighted by Gasteiger charge is 2.31. The molecule has 0 aliphatic carbocycles. The van der Waals surface area contributed by atoms with Gasteiger partial charge in [0.1, 0.15) is 6.04 Å². The van der Waals surface area contributed by atoms with E-state index in [1.54, 1.807) is 30.3 Å². The molecule has 3 nitrogen and oxygen atoms in total. The van der Waals surface area contributed by atoms with Crippen molar-refractivity contribution in [1.29, 1.82) is 0 Å². The normalized spacial score (nSPS) is 18.1. The lowest BCUT2D eigenvalue weighted by Crippen LogP contribution is -2.47. The molecule has 1 amide bonds. The zero-order chi connectivity index (χ0) is 16.1. The Hall–Kier alpha value is -1.49. The fourth-order valence-corrected chi connectivity index (χ4v) is 2.65. The van der Waals surface area contributed by atoms with Crippen molar-refractivity contribution in [1.82, 2.24) is 10.2 Å². The number of benzene rings is 1. The predicted molar refractivity (Wildman–Crippen MR) is 82.7 cm³/mol. The number of nitrogens with zero attached hydrogens (tertiary/aromatic N) is 1. The number of carbonyl (C=O) groups is 1. The van der Waals surface area contributed by atoms with Gasteiger partial charge in [0, 0.05) is 6.54 Å². The third-order valence-corrected chi connectivity index (χ3v) is 4.25. The molecule has 1 unspecified atom stereocenters. The SMILES string of the molecule is CC(C)C(CN1CCC1)C(=O)N[C@H](c1ccccc1)C(F)F. The third-order valence-electron chi connectivity index (χ3n) is 4.25. The molecule has 5 heteroatoms. The number of hydrogen-bond donors (Lipinski definition) is 1. The molecule has 1 saturated heterocycles. The number of rotatable bonds is 7.